The molecule has 0 fully saturated rings. The number of para-hydroxylation sites is 1. The summed E-state index contributed by atoms with van der Waals surface area (Å²) >= 11 is 1.86. The SMILES string of the molecule is c1ccc(-c2c(-c3ccccc3)c3cc(-c4ccccc4N(c4ccc(-c5ccc6c(ccc7ccccc76)c5)cc4)c4cccc5sc6ccccc6c45)ccc3c3ccccc23)cc1. The summed E-state index contributed by atoms with van der Waals surface area (Å²) in [6.45, 7) is 0. The average molecular weight is 856 g/mol. The summed E-state index contributed by atoms with van der Waals surface area (Å²) in [7, 11) is 0. The van der Waals surface area contributed by atoms with Gasteiger partial charge in [0.1, 0.15) is 0 Å². The van der Waals surface area contributed by atoms with E-state index in [4.69, 9.17) is 0 Å². The lowest BCUT2D eigenvalue weighted by Gasteiger charge is -2.29. The predicted octanol–water partition coefficient (Wildman–Crippen LogP) is 18.8. The smallest absolute Gasteiger partial charge is 0.0555 e. The fraction of sp³-hybridized carbons (Fsp3) is 0. The van der Waals surface area contributed by atoms with Crippen LogP contribution in [0.5, 0.6) is 0 Å². The van der Waals surface area contributed by atoms with Gasteiger partial charge in [0.25, 0.3) is 0 Å². The van der Waals surface area contributed by atoms with E-state index >= 15 is 0 Å². The Hall–Kier alpha value is -8.30. The lowest BCUT2D eigenvalue weighted by molar-refractivity contribution is 1.30. The summed E-state index contributed by atoms with van der Waals surface area (Å²) in [5.41, 5.74) is 13.0. The van der Waals surface area contributed by atoms with Gasteiger partial charge in [-0.05, 0) is 131 Å². The van der Waals surface area contributed by atoms with Crippen LogP contribution in [0.4, 0.5) is 17.1 Å². The zero-order valence-corrected chi connectivity index (χ0v) is 36.8. The Labute approximate surface area is 387 Å². The normalized spacial score (nSPS) is 11.6. The number of benzene rings is 12. The van der Waals surface area contributed by atoms with Gasteiger partial charge in [0.2, 0.25) is 0 Å². The summed E-state index contributed by atoms with van der Waals surface area (Å²) < 4.78 is 2.56. The molecular weight excluding hydrogens is 815 g/mol. The lowest BCUT2D eigenvalue weighted by atomic mass is 9.84. The van der Waals surface area contributed by atoms with Crippen molar-refractivity contribution in [2.75, 3.05) is 4.90 Å². The monoisotopic (exact) mass is 855 g/mol. The second-order valence-electron chi connectivity index (χ2n) is 17.2. The van der Waals surface area contributed by atoms with Crippen LogP contribution in [0, 0.1) is 0 Å². The Kier molecular flexibility index (Phi) is 9.11. The highest BCUT2D eigenvalue weighted by Gasteiger charge is 2.23. The molecule has 13 rings (SSSR count). The van der Waals surface area contributed by atoms with Crippen molar-refractivity contribution >= 4 is 91.7 Å². The highest BCUT2D eigenvalue weighted by Crippen LogP contribution is 2.50. The fourth-order valence-electron chi connectivity index (χ4n) is 10.4. The van der Waals surface area contributed by atoms with E-state index in [1.165, 1.54) is 96.6 Å². The molecule has 0 N–H and O–H groups in total. The van der Waals surface area contributed by atoms with Crippen molar-refractivity contribution in [1.29, 1.82) is 0 Å². The van der Waals surface area contributed by atoms with Gasteiger partial charge in [0.05, 0.1) is 11.4 Å². The van der Waals surface area contributed by atoms with Gasteiger partial charge in [-0.15, -0.1) is 11.3 Å². The van der Waals surface area contributed by atoms with E-state index in [9.17, 15) is 0 Å². The van der Waals surface area contributed by atoms with Gasteiger partial charge < -0.3 is 4.90 Å². The quantitative estimate of drug-likeness (QED) is 0.144. The van der Waals surface area contributed by atoms with E-state index in [1.807, 2.05) is 11.3 Å². The molecule has 66 heavy (non-hydrogen) atoms. The van der Waals surface area contributed by atoms with Crippen LogP contribution >= 0.6 is 11.3 Å². The number of fused-ring (bicyclic) bond motifs is 9. The molecule has 1 aromatic heterocycles. The first-order chi connectivity index (χ1) is 32.7. The average Bonchev–Trinajstić information content (AvgIpc) is 3.78. The van der Waals surface area contributed by atoms with Crippen LogP contribution in [0.1, 0.15) is 0 Å². The Morgan fingerprint density at radius 2 is 0.818 bits per heavy atom. The summed E-state index contributed by atoms with van der Waals surface area (Å²) in [5, 5.41) is 12.6. The molecule has 0 spiro atoms. The summed E-state index contributed by atoms with van der Waals surface area (Å²) in [6, 6.07) is 91.6. The van der Waals surface area contributed by atoms with E-state index in [1.54, 1.807) is 0 Å². The molecule has 0 aliphatic rings. The van der Waals surface area contributed by atoms with Gasteiger partial charge in [0.15, 0.2) is 0 Å². The van der Waals surface area contributed by atoms with Crippen LogP contribution in [-0.4, -0.2) is 0 Å². The van der Waals surface area contributed by atoms with Gasteiger partial charge in [-0.25, -0.2) is 0 Å². The highest BCUT2D eigenvalue weighted by atomic mass is 32.1. The zero-order chi connectivity index (χ0) is 43.6. The number of nitrogens with zero attached hydrogens (tertiary/aromatic N) is 1. The second kappa shape index (κ2) is 15.7. The molecule has 0 radical (unpaired) electrons. The third-order valence-corrected chi connectivity index (χ3v) is 14.6. The molecule has 308 valence electrons. The molecule has 13 aromatic rings. The molecule has 0 aliphatic carbocycles. The molecule has 0 saturated heterocycles. The minimum Gasteiger partial charge on any atom is -0.309 e. The molecule has 0 bridgehead atoms. The third kappa shape index (κ3) is 6.30. The van der Waals surface area contributed by atoms with Crippen LogP contribution in [-0.2, 0) is 0 Å². The fourth-order valence-corrected chi connectivity index (χ4v) is 11.6. The maximum Gasteiger partial charge on any atom is 0.0555 e. The summed E-state index contributed by atoms with van der Waals surface area (Å²) in [5.74, 6) is 0. The van der Waals surface area contributed by atoms with Crippen molar-refractivity contribution in [3.8, 4) is 44.5 Å². The van der Waals surface area contributed by atoms with E-state index in [2.05, 4.69) is 254 Å². The van der Waals surface area contributed by atoms with Gasteiger partial charge in [-0.1, -0.05) is 200 Å². The third-order valence-electron chi connectivity index (χ3n) is 13.4. The van der Waals surface area contributed by atoms with Crippen molar-refractivity contribution in [3.63, 3.8) is 0 Å². The molecule has 0 amide bonds. The van der Waals surface area contributed by atoms with Crippen molar-refractivity contribution in [2.24, 2.45) is 0 Å². The van der Waals surface area contributed by atoms with Crippen molar-refractivity contribution in [2.45, 2.75) is 0 Å². The Morgan fingerprint density at radius 1 is 0.273 bits per heavy atom. The Morgan fingerprint density at radius 3 is 1.62 bits per heavy atom. The number of hydrogen-bond donors (Lipinski definition) is 0. The molecular formula is C64H41NS. The maximum absolute atomic E-state index is 2.49. The standard InChI is InChI=1S/C64H41NS/c1-3-17-44(18-4-1)62-55-24-10-9-23-53(55)54-39-35-48(41-57(54)63(62)45-19-5-2-6-20-45)52-22-11-13-26-58(52)65(59-27-15-29-61-64(59)56-25-12-14-28-60(56)66-61)49-36-32-42(33-37-49)46-34-38-51-47(40-46)31-30-43-16-7-8-21-50(43)51/h1-41H. The van der Waals surface area contributed by atoms with Gasteiger partial charge in [0, 0.05) is 31.4 Å². The minimum atomic E-state index is 1.10. The largest absolute Gasteiger partial charge is 0.309 e. The number of anilines is 3. The zero-order valence-electron chi connectivity index (χ0n) is 36.0. The first-order valence-electron chi connectivity index (χ1n) is 22.7. The first kappa shape index (κ1) is 38.2. The molecule has 0 unspecified atom stereocenters. The maximum atomic E-state index is 2.49. The van der Waals surface area contributed by atoms with Crippen LogP contribution in [0.15, 0.2) is 249 Å². The van der Waals surface area contributed by atoms with Crippen molar-refractivity contribution in [3.05, 3.63) is 249 Å². The molecule has 1 nitrogen and oxygen atoms in total. The van der Waals surface area contributed by atoms with Gasteiger partial charge >= 0.3 is 0 Å². The molecule has 1 heterocycles. The van der Waals surface area contributed by atoms with Crippen LogP contribution in [0.3, 0.4) is 0 Å². The molecule has 12 aromatic carbocycles. The van der Waals surface area contributed by atoms with Gasteiger partial charge in [-0.3, -0.25) is 0 Å². The van der Waals surface area contributed by atoms with E-state index < -0.39 is 0 Å². The van der Waals surface area contributed by atoms with Crippen molar-refractivity contribution in [1.82, 2.24) is 0 Å². The summed E-state index contributed by atoms with van der Waals surface area (Å²) in [4.78, 5) is 2.49. The molecule has 0 aliphatic heterocycles. The molecule has 0 saturated carbocycles. The number of thiophene rings is 1. The van der Waals surface area contributed by atoms with Crippen LogP contribution in [0.25, 0.3) is 108 Å². The Bertz CT molecular complexity index is 3980. The lowest BCUT2D eigenvalue weighted by Crippen LogP contribution is -2.11. The second-order valence-corrected chi connectivity index (χ2v) is 18.2. The number of hydrogen-bond acceptors (Lipinski definition) is 2. The van der Waals surface area contributed by atoms with E-state index in [0.29, 0.717) is 0 Å². The first-order valence-corrected chi connectivity index (χ1v) is 23.5. The van der Waals surface area contributed by atoms with Crippen LogP contribution in [0.2, 0.25) is 0 Å². The predicted molar refractivity (Wildman–Crippen MR) is 286 cm³/mol. The van der Waals surface area contributed by atoms with E-state index in [-0.39, 0.29) is 0 Å². The number of rotatable bonds is 7. The summed E-state index contributed by atoms with van der Waals surface area (Å²) in [6.07, 6.45) is 0. The topological polar surface area (TPSA) is 3.24 Å². The minimum absolute atomic E-state index is 1.10. The molecule has 2 heteroatoms. The van der Waals surface area contributed by atoms with Gasteiger partial charge in [-0.2, -0.15) is 0 Å². The molecule has 0 atom stereocenters. The van der Waals surface area contributed by atoms with Crippen molar-refractivity contribution < 1.29 is 0 Å². The van der Waals surface area contributed by atoms with E-state index in [0.717, 1.165) is 28.2 Å². The Balaban J connectivity index is 1.03. The van der Waals surface area contributed by atoms with Crippen LogP contribution < -0.4 is 4.90 Å². The highest BCUT2D eigenvalue weighted by molar-refractivity contribution is 7.26.